The number of likely N-dealkylation sites (N-methyl/N-ethyl adjacent to an activating group) is 1. The topological polar surface area (TPSA) is 45.6 Å². The fourth-order valence-electron chi connectivity index (χ4n) is 2.23. The Morgan fingerprint density at radius 3 is 2.74 bits per heavy atom. The SMILES string of the molecule is CCN1C(=O)/C(=C/c2ccccc2C)S/C1=N/c1nc(C)cs1. The summed E-state index contributed by atoms with van der Waals surface area (Å²) < 4.78 is 0. The molecule has 3 rings (SSSR count). The lowest BCUT2D eigenvalue weighted by atomic mass is 10.1. The van der Waals surface area contributed by atoms with Gasteiger partial charge in [0, 0.05) is 11.9 Å². The van der Waals surface area contributed by atoms with Crippen LogP contribution < -0.4 is 0 Å². The number of rotatable bonds is 3. The van der Waals surface area contributed by atoms with Crippen molar-refractivity contribution in [2.24, 2.45) is 4.99 Å². The van der Waals surface area contributed by atoms with Crippen LogP contribution in [0.15, 0.2) is 39.5 Å². The molecule has 4 nitrogen and oxygen atoms in total. The van der Waals surface area contributed by atoms with E-state index in [-0.39, 0.29) is 5.91 Å². The summed E-state index contributed by atoms with van der Waals surface area (Å²) in [6.07, 6.45) is 1.95. The summed E-state index contributed by atoms with van der Waals surface area (Å²) in [6.45, 7) is 6.54. The Hall–Kier alpha value is -1.92. The molecule has 0 N–H and O–H groups in total. The van der Waals surface area contributed by atoms with Crippen molar-refractivity contribution in [1.29, 1.82) is 0 Å². The van der Waals surface area contributed by atoms with Crippen LogP contribution in [0.5, 0.6) is 0 Å². The number of benzene rings is 1. The first-order chi connectivity index (χ1) is 11.1. The summed E-state index contributed by atoms with van der Waals surface area (Å²) >= 11 is 2.90. The number of amides is 1. The molecule has 2 aromatic rings. The van der Waals surface area contributed by atoms with Crippen molar-refractivity contribution in [1.82, 2.24) is 9.88 Å². The first-order valence-corrected chi connectivity index (χ1v) is 9.06. The lowest BCUT2D eigenvalue weighted by Crippen LogP contribution is -2.28. The zero-order valence-corrected chi connectivity index (χ0v) is 14.9. The second kappa shape index (κ2) is 6.68. The Morgan fingerprint density at radius 2 is 2.09 bits per heavy atom. The third-order valence-corrected chi connectivity index (χ3v) is 5.34. The van der Waals surface area contributed by atoms with E-state index in [9.17, 15) is 4.79 Å². The smallest absolute Gasteiger partial charge is 0.266 e. The molecule has 1 amide bonds. The van der Waals surface area contributed by atoms with Crippen LogP contribution in [0.3, 0.4) is 0 Å². The predicted octanol–water partition coefficient (Wildman–Crippen LogP) is 4.38. The van der Waals surface area contributed by atoms with E-state index in [1.807, 2.05) is 56.5 Å². The highest BCUT2D eigenvalue weighted by Crippen LogP contribution is 2.34. The third-order valence-electron chi connectivity index (χ3n) is 3.48. The van der Waals surface area contributed by atoms with Crippen LogP contribution in [-0.4, -0.2) is 27.5 Å². The zero-order valence-electron chi connectivity index (χ0n) is 13.2. The molecule has 0 radical (unpaired) electrons. The molecule has 1 saturated heterocycles. The van der Waals surface area contributed by atoms with E-state index in [4.69, 9.17) is 0 Å². The maximum atomic E-state index is 12.6. The van der Waals surface area contributed by atoms with Crippen LogP contribution in [0.4, 0.5) is 5.13 Å². The Balaban J connectivity index is 1.95. The molecule has 1 aromatic heterocycles. The molecule has 0 saturated carbocycles. The van der Waals surface area contributed by atoms with Gasteiger partial charge in [-0.25, -0.2) is 4.98 Å². The standard InChI is InChI=1S/C17H17N3OS2/c1-4-20-15(21)14(9-13-8-6-5-7-11(13)2)23-17(20)19-16-18-12(3)10-22-16/h5-10H,4H2,1-3H3/b14-9-,19-17+. The number of hydrogen-bond acceptors (Lipinski definition) is 5. The summed E-state index contributed by atoms with van der Waals surface area (Å²) in [7, 11) is 0. The second-order valence-corrected chi connectivity index (χ2v) is 7.03. The number of thioether (sulfide) groups is 1. The van der Waals surface area contributed by atoms with Gasteiger partial charge < -0.3 is 0 Å². The lowest BCUT2D eigenvalue weighted by Gasteiger charge is -2.11. The predicted molar refractivity (Wildman–Crippen MR) is 98.1 cm³/mol. The molecule has 0 spiro atoms. The van der Waals surface area contributed by atoms with Gasteiger partial charge in [-0.1, -0.05) is 24.3 Å². The van der Waals surface area contributed by atoms with Crippen LogP contribution in [0.25, 0.3) is 6.08 Å². The van der Waals surface area contributed by atoms with Gasteiger partial charge in [-0.15, -0.1) is 11.3 Å². The summed E-state index contributed by atoms with van der Waals surface area (Å²) in [5.74, 6) is 0.00720. The number of carbonyl (C=O) groups excluding carboxylic acids is 1. The average Bonchev–Trinajstić information content (AvgIpc) is 3.06. The Kier molecular flexibility index (Phi) is 4.63. The molecule has 0 unspecified atom stereocenters. The van der Waals surface area contributed by atoms with Gasteiger partial charge >= 0.3 is 0 Å². The molecule has 6 heteroatoms. The van der Waals surface area contributed by atoms with Crippen molar-refractivity contribution in [2.75, 3.05) is 6.54 Å². The van der Waals surface area contributed by atoms with Gasteiger partial charge in [0.1, 0.15) is 0 Å². The molecule has 1 aromatic carbocycles. The van der Waals surface area contributed by atoms with Crippen molar-refractivity contribution >= 4 is 45.4 Å². The van der Waals surface area contributed by atoms with Gasteiger partial charge in [-0.3, -0.25) is 9.69 Å². The van der Waals surface area contributed by atoms with E-state index in [1.54, 1.807) is 4.90 Å². The van der Waals surface area contributed by atoms with Gasteiger partial charge in [0.2, 0.25) is 5.13 Å². The third kappa shape index (κ3) is 3.38. The summed E-state index contributed by atoms with van der Waals surface area (Å²) in [5.41, 5.74) is 3.16. The van der Waals surface area contributed by atoms with Crippen molar-refractivity contribution in [2.45, 2.75) is 20.8 Å². The van der Waals surface area contributed by atoms with Crippen molar-refractivity contribution in [3.63, 3.8) is 0 Å². The average molecular weight is 343 g/mol. The monoisotopic (exact) mass is 343 g/mol. The van der Waals surface area contributed by atoms with Gasteiger partial charge in [0.25, 0.3) is 5.91 Å². The van der Waals surface area contributed by atoms with Crippen LogP contribution in [0, 0.1) is 13.8 Å². The van der Waals surface area contributed by atoms with E-state index < -0.39 is 0 Å². The number of aryl methyl sites for hydroxylation is 2. The Bertz CT molecular complexity index is 808. The second-order valence-electron chi connectivity index (χ2n) is 5.18. The largest absolute Gasteiger partial charge is 0.287 e. The van der Waals surface area contributed by atoms with Crippen molar-refractivity contribution in [3.05, 3.63) is 51.4 Å². The fraction of sp³-hybridized carbons (Fsp3) is 0.235. The number of amidine groups is 1. The van der Waals surface area contributed by atoms with E-state index in [0.717, 1.165) is 16.8 Å². The number of hydrogen-bond donors (Lipinski definition) is 0. The minimum Gasteiger partial charge on any atom is -0.287 e. The molecule has 0 aliphatic carbocycles. The molecular weight excluding hydrogens is 326 g/mol. The quantitative estimate of drug-likeness (QED) is 0.777. The van der Waals surface area contributed by atoms with Gasteiger partial charge in [-0.2, -0.15) is 4.99 Å². The number of carbonyl (C=O) groups is 1. The molecule has 118 valence electrons. The summed E-state index contributed by atoms with van der Waals surface area (Å²) in [6, 6.07) is 8.04. The highest BCUT2D eigenvalue weighted by Gasteiger charge is 2.32. The van der Waals surface area contributed by atoms with E-state index >= 15 is 0 Å². The molecule has 1 aliphatic heterocycles. The van der Waals surface area contributed by atoms with Crippen LogP contribution in [-0.2, 0) is 4.79 Å². The lowest BCUT2D eigenvalue weighted by molar-refractivity contribution is -0.122. The number of aliphatic imine (C=N–C) groups is 1. The summed E-state index contributed by atoms with van der Waals surface area (Å²) in [5, 5.41) is 3.35. The molecule has 2 heterocycles. The minimum atomic E-state index is 0.00720. The maximum absolute atomic E-state index is 12.6. The normalized spacial score (nSPS) is 18.4. The molecule has 0 bridgehead atoms. The molecule has 1 fully saturated rings. The van der Waals surface area contributed by atoms with Crippen LogP contribution in [0.2, 0.25) is 0 Å². The number of thiazole rings is 1. The van der Waals surface area contributed by atoms with Crippen molar-refractivity contribution in [3.8, 4) is 0 Å². The number of nitrogens with zero attached hydrogens (tertiary/aromatic N) is 3. The molecule has 1 aliphatic rings. The number of aromatic nitrogens is 1. The molecule has 0 atom stereocenters. The highest BCUT2D eigenvalue weighted by atomic mass is 32.2. The minimum absolute atomic E-state index is 0.00720. The van der Waals surface area contributed by atoms with Gasteiger partial charge in [0.15, 0.2) is 5.17 Å². The van der Waals surface area contributed by atoms with Gasteiger partial charge in [-0.05, 0) is 49.7 Å². The van der Waals surface area contributed by atoms with E-state index in [2.05, 4.69) is 9.98 Å². The van der Waals surface area contributed by atoms with E-state index in [0.29, 0.717) is 21.7 Å². The van der Waals surface area contributed by atoms with Crippen LogP contribution in [0.1, 0.15) is 23.7 Å². The van der Waals surface area contributed by atoms with Crippen molar-refractivity contribution < 1.29 is 4.79 Å². The summed E-state index contributed by atoms with van der Waals surface area (Å²) in [4.78, 5) is 23.9. The van der Waals surface area contributed by atoms with Crippen LogP contribution >= 0.6 is 23.1 Å². The fourth-order valence-corrected chi connectivity index (χ4v) is 3.99. The van der Waals surface area contributed by atoms with Gasteiger partial charge in [0.05, 0.1) is 10.6 Å². The first kappa shape index (κ1) is 16.0. The molecular formula is C17H17N3OS2. The maximum Gasteiger partial charge on any atom is 0.266 e. The Labute approximate surface area is 144 Å². The van der Waals surface area contributed by atoms with E-state index in [1.165, 1.54) is 23.1 Å². The zero-order chi connectivity index (χ0) is 16.4. The molecule has 23 heavy (non-hydrogen) atoms. The Morgan fingerprint density at radius 1 is 1.30 bits per heavy atom. The highest BCUT2D eigenvalue weighted by molar-refractivity contribution is 8.18. The first-order valence-electron chi connectivity index (χ1n) is 7.36.